The van der Waals surface area contributed by atoms with E-state index in [1.165, 1.54) is 10.8 Å². The zero-order chi connectivity index (χ0) is 29.6. The third-order valence-corrected chi connectivity index (χ3v) is 8.79. The third-order valence-electron chi connectivity index (χ3n) is 7.94. The van der Waals surface area contributed by atoms with Crippen molar-refractivity contribution in [3.05, 3.63) is 145 Å². The Morgan fingerprint density at radius 3 is 2.00 bits per heavy atom. The lowest BCUT2D eigenvalue weighted by atomic mass is 10.1. The molecule has 0 N–H and O–H groups in total. The topological polar surface area (TPSA) is 48.5 Å². The van der Waals surface area contributed by atoms with E-state index in [4.69, 9.17) is 15.0 Å². The molecule has 0 unspecified atom stereocenters. The number of hydrogen-bond donors (Lipinski definition) is 0. The predicted molar refractivity (Wildman–Crippen MR) is 185 cm³/mol. The molecule has 8 aromatic rings. The summed E-state index contributed by atoms with van der Waals surface area (Å²) in [6.07, 6.45) is 7.84. The van der Waals surface area contributed by atoms with Crippen molar-refractivity contribution < 1.29 is 0 Å². The number of allylic oxidation sites excluding steroid dienone is 5. The lowest BCUT2D eigenvalue weighted by Gasteiger charge is -2.12. The second kappa shape index (κ2) is 10.6. The van der Waals surface area contributed by atoms with Gasteiger partial charge in [-0.25, -0.2) is 4.98 Å². The molecule has 0 fully saturated rings. The van der Waals surface area contributed by atoms with E-state index < -0.39 is 0 Å². The number of hydrogen-bond acceptors (Lipinski definition) is 4. The van der Waals surface area contributed by atoms with Gasteiger partial charge in [0.2, 0.25) is 5.95 Å². The van der Waals surface area contributed by atoms with Gasteiger partial charge in [0.1, 0.15) is 5.00 Å². The lowest BCUT2D eigenvalue weighted by Crippen LogP contribution is -2.08. The zero-order valence-corrected chi connectivity index (χ0v) is 24.9. The second-order valence-corrected chi connectivity index (χ2v) is 11.5. The van der Waals surface area contributed by atoms with Crippen LogP contribution < -0.4 is 0 Å². The van der Waals surface area contributed by atoms with Crippen molar-refractivity contribution in [1.82, 2.24) is 24.1 Å². The Morgan fingerprint density at radius 1 is 0.659 bits per heavy atom. The average molecular weight is 586 g/mol. The highest BCUT2D eigenvalue weighted by Crippen LogP contribution is 2.41. The van der Waals surface area contributed by atoms with Crippen LogP contribution in [0.3, 0.4) is 0 Å². The summed E-state index contributed by atoms with van der Waals surface area (Å²) >= 11 is 1.73. The Hall–Kier alpha value is -5.59. The van der Waals surface area contributed by atoms with Crippen molar-refractivity contribution in [3.63, 3.8) is 0 Å². The quantitative estimate of drug-likeness (QED) is 0.183. The molecule has 0 aliphatic heterocycles. The Kier molecular flexibility index (Phi) is 6.28. The van der Waals surface area contributed by atoms with E-state index in [1.807, 2.05) is 61.6 Å². The zero-order valence-electron chi connectivity index (χ0n) is 24.1. The highest BCUT2D eigenvalue weighted by atomic mass is 32.1. The molecule has 0 atom stereocenters. The first-order valence-electron chi connectivity index (χ1n) is 14.5. The molecule has 0 amide bonds. The van der Waals surface area contributed by atoms with E-state index in [0.717, 1.165) is 43.4 Å². The van der Waals surface area contributed by atoms with Crippen LogP contribution in [0.2, 0.25) is 0 Å². The van der Waals surface area contributed by atoms with Gasteiger partial charge in [0.15, 0.2) is 11.6 Å². The molecule has 0 saturated heterocycles. The molecule has 0 radical (unpaired) electrons. The van der Waals surface area contributed by atoms with Gasteiger partial charge in [-0.05, 0) is 36.6 Å². The number of aromatic nitrogens is 5. The molecule has 5 nitrogen and oxygen atoms in total. The van der Waals surface area contributed by atoms with Gasteiger partial charge in [0, 0.05) is 32.7 Å². The van der Waals surface area contributed by atoms with Crippen molar-refractivity contribution in [2.24, 2.45) is 0 Å². The molecule has 0 bridgehead atoms. The Balaban J connectivity index is 1.53. The maximum absolute atomic E-state index is 5.13. The van der Waals surface area contributed by atoms with Gasteiger partial charge >= 0.3 is 0 Å². The first-order valence-corrected chi connectivity index (χ1v) is 15.4. The summed E-state index contributed by atoms with van der Waals surface area (Å²) < 4.78 is 4.59. The van der Waals surface area contributed by atoms with Gasteiger partial charge in [-0.3, -0.25) is 9.13 Å². The van der Waals surface area contributed by atoms with Crippen LogP contribution in [0.5, 0.6) is 0 Å². The SMILES string of the molecule is C=C(/C=C\C=C/C)c1nc(-c2ccccc2)nc(-n2c3ccccc3c3ccc4c5ccccc5n(-c5cccs5)c4c32)n1. The molecule has 0 aliphatic carbocycles. The normalized spacial score (nSPS) is 12.1. The van der Waals surface area contributed by atoms with Crippen molar-refractivity contribution in [1.29, 1.82) is 0 Å². The highest BCUT2D eigenvalue weighted by molar-refractivity contribution is 7.12. The van der Waals surface area contributed by atoms with Crippen LogP contribution in [0.1, 0.15) is 12.7 Å². The largest absolute Gasteiger partial charge is 0.298 e. The highest BCUT2D eigenvalue weighted by Gasteiger charge is 2.23. The van der Waals surface area contributed by atoms with Crippen molar-refractivity contribution >= 4 is 60.5 Å². The fraction of sp³-hybridized carbons (Fsp3) is 0.0263. The minimum atomic E-state index is 0.534. The summed E-state index contributed by atoms with van der Waals surface area (Å²) in [5.74, 6) is 1.69. The van der Waals surface area contributed by atoms with Gasteiger partial charge in [-0.15, -0.1) is 11.3 Å². The van der Waals surface area contributed by atoms with Gasteiger partial charge < -0.3 is 0 Å². The van der Waals surface area contributed by atoms with E-state index in [9.17, 15) is 0 Å². The van der Waals surface area contributed by atoms with Crippen molar-refractivity contribution in [2.75, 3.05) is 0 Å². The molecule has 8 rings (SSSR count). The van der Waals surface area contributed by atoms with E-state index in [1.54, 1.807) is 11.3 Å². The molecule has 4 aromatic heterocycles. The van der Waals surface area contributed by atoms with Gasteiger partial charge in [0.25, 0.3) is 0 Å². The van der Waals surface area contributed by atoms with E-state index in [0.29, 0.717) is 23.2 Å². The summed E-state index contributed by atoms with van der Waals surface area (Å²) in [5.41, 5.74) is 6.00. The Labute approximate surface area is 258 Å². The maximum atomic E-state index is 5.13. The first-order chi connectivity index (χ1) is 21.7. The van der Waals surface area contributed by atoms with Gasteiger partial charge in [0.05, 0.1) is 22.1 Å². The van der Waals surface area contributed by atoms with Gasteiger partial charge in [-0.1, -0.05) is 110 Å². The van der Waals surface area contributed by atoms with Crippen LogP contribution in [-0.2, 0) is 0 Å². The number of benzene rings is 4. The van der Waals surface area contributed by atoms with Crippen LogP contribution in [0.15, 0.2) is 139 Å². The fourth-order valence-electron chi connectivity index (χ4n) is 6.02. The average Bonchev–Trinajstić information content (AvgIpc) is 3.80. The van der Waals surface area contributed by atoms with Crippen LogP contribution >= 0.6 is 11.3 Å². The molecule has 0 saturated carbocycles. The van der Waals surface area contributed by atoms with Crippen LogP contribution in [0.25, 0.3) is 71.5 Å². The molecule has 4 heterocycles. The van der Waals surface area contributed by atoms with Crippen LogP contribution in [-0.4, -0.2) is 24.1 Å². The molecule has 6 heteroatoms. The van der Waals surface area contributed by atoms with Gasteiger partial charge in [-0.2, -0.15) is 9.97 Å². The number of fused-ring (bicyclic) bond motifs is 7. The summed E-state index contributed by atoms with van der Waals surface area (Å²) in [5, 5.41) is 7.96. The lowest BCUT2D eigenvalue weighted by molar-refractivity contribution is 0.933. The molecular weight excluding hydrogens is 559 g/mol. The standard InChI is InChI=1S/C38H27N5S/c1-3-4-6-14-25(2)36-39-37(26-15-7-5-8-16-26)41-38(40-36)43-32-20-12-10-18-28(32)30-23-22-29-27-17-9-11-19-31(27)42(34(29)35(30)43)33-21-13-24-44-33/h3-24H,2H2,1H3/b4-3-,14-6-. The summed E-state index contributed by atoms with van der Waals surface area (Å²) in [6, 6.07) is 35.9. The smallest absolute Gasteiger partial charge is 0.238 e. The summed E-state index contributed by atoms with van der Waals surface area (Å²) in [6.45, 7) is 6.31. The Bertz CT molecular complexity index is 2410. The van der Waals surface area contributed by atoms with Crippen molar-refractivity contribution in [2.45, 2.75) is 6.92 Å². The van der Waals surface area contributed by atoms with E-state index in [2.05, 4.69) is 93.9 Å². The van der Waals surface area contributed by atoms with Crippen LogP contribution in [0, 0.1) is 0 Å². The van der Waals surface area contributed by atoms with Crippen LogP contribution in [0.4, 0.5) is 0 Å². The number of para-hydroxylation sites is 2. The first kappa shape index (κ1) is 26.1. The molecule has 0 aliphatic rings. The Morgan fingerprint density at radius 2 is 1.32 bits per heavy atom. The second-order valence-electron chi connectivity index (χ2n) is 10.6. The monoisotopic (exact) mass is 585 g/mol. The molecular formula is C38H27N5S. The van der Waals surface area contributed by atoms with Crippen molar-refractivity contribution in [3.8, 4) is 22.3 Å². The molecule has 4 aromatic carbocycles. The van der Waals surface area contributed by atoms with E-state index in [-0.39, 0.29) is 0 Å². The molecule has 210 valence electrons. The number of thiophene rings is 1. The number of nitrogens with zero attached hydrogens (tertiary/aromatic N) is 5. The predicted octanol–water partition coefficient (Wildman–Crippen LogP) is 9.94. The summed E-state index contributed by atoms with van der Waals surface area (Å²) in [4.78, 5) is 15.1. The number of rotatable bonds is 6. The van der Waals surface area contributed by atoms with E-state index >= 15 is 0 Å². The minimum Gasteiger partial charge on any atom is -0.298 e. The molecule has 0 spiro atoms. The summed E-state index contributed by atoms with van der Waals surface area (Å²) in [7, 11) is 0. The minimum absolute atomic E-state index is 0.534. The third kappa shape index (κ3) is 4.11. The molecule has 44 heavy (non-hydrogen) atoms. The fourth-order valence-corrected chi connectivity index (χ4v) is 6.77. The maximum Gasteiger partial charge on any atom is 0.238 e.